The number of pyridine rings is 1. The molecule has 0 saturated heterocycles. The number of nitrogens with zero attached hydrogens (tertiary/aromatic N) is 1. The van der Waals surface area contributed by atoms with Gasteiger partial charge >= 0.3 is 0 Å². The van der Waals surface area contributed by atoms with E-state index in [1.807, 2.05) is 18.2 Å². The van der Waals surface area contributed by atoms with Crippen molar-refractivity contribution in [2.45, 2.75) is 18.2 Å². The topological polar surface area (TPSA) is 85.1 Å². The van der Waals surface area contributed by atoms with Crippen LogP contribution < -0.4 is 10.5 Å². The van der Waals surface area contributed by atoms with Gasteiger partial charge in [-0.2, -0.15) is 0 Å². The quantitative estimate of drug-likeness (QED) is 0.825. The fourth-order valence-corrected chi connectivity index (χ4v) is 3.12. The Morgan fingerprint density at radius 1 is 1.33 bits per heavy atom. The first-order chi connectivity index (χ1) is 9.90. The van der Waals surface area contributed by atoms with Gasteiger partial charge in [-0.25, -0.2) is 13.1 Å². The molecule has 0 aliphatic rings. The lowest BCUT2D eigenvalue weighted by molar-refractivity contribution is 0.581. The highest BCUT2D eigenvalue weighted by Gasteiger charge is 2.16. The lowest BCUT2D eigenvalue weighted by Gasteiger charge is -2.10. The van der Waals surface area contributed by atoms with Crippen molar-refractivity contribution in [1.82, 2.24) is 9.71 Å². The minimum atomic E-state index is -3.61. The molecule has 0 atom stereocenters. The van der Waals surface area contributed by atoms with Gasteiger partial charge in [0.15, 0.2) is 0 Å². The molecule has 0 aliphatic heterocycles. The maximum absolute atomic E-state index is 12.2. The van der Waals surface area contributed by atoms with Crippen molar-refractivity contribution in [2.24, 2.45) is 0 Å². The molecule has 3 N–H and O–H groups in total. The Hall–Kier alpha value is -1.63. The molecule has 0 fully saturated rings. The first-order valence-corrected chi connectivity index (χ1v) is 8.21. The third kappa shape index (κ3) is 3.93. The van der Waals surface area contributed by atoms with Gasteiger partial charge in [0.25, 0.3) is 0 Å². The summed E-state index contributed by atoms with van der Waals surface area (Å²) in [5, 5.41) is 0.377. The molecule has 1 aromatic carbocycles. The van der Waals surface area contributed by atoms with Crippen molar-refractivity contribution in [3.05, 3.63) is 52.8 Å². The lowest BCUT2D eigenvalue weighted by Crippen LogP contribution is -2.26. The molecule has 21 heavy (non-hydrogen) atoms. The third-order valence-corrected chi connectivity index (χ3v) is 4.92. The predicted octanol–water partition coefficient (Wildman–Crippen LogP) is 2.15. The SMILES string of the molecule is Cc1cc(S(=O)(=O)NCCc2ccccn2)cc(N)c1Cl. The summed E-state index contributed by atoms with van der Waals surface area (Å²) in [6.07, 6.45) is 2.19. The zero-order chi connectivity index (χ0) is 15.5. The van der Waals surface area contributed by atoms with Gasteiger partial charge in [-0.05, 0) is 36.8 Å². The summed E-state index contributed by atoms with van der Waals surface area (Å²) < 4.78 is 26.9. The van der Waals surface area contributed by atoms with Crippen LogP contribution in [0, 0.1) is 6.92 Å². The van der Waals surface area contributed by atoms with Crippen molar-refractivity contribution in [3.63, 3.8) is 0 Å². The molecule has 0 radical (unpaired) electrons. The Morgan fingerprint density at radius 3 is 2.71 bits per heavy atom. The van der Waals surface area contributed by atoms with Crippen LogP contribution in [-0.4, -0.2) is 19.9 Å². The highest BCUT2D eigenvalue weighted by Crippen LogP contribution is 2.26. The number of aryl methyl sites for hydroxylation is 1. The summed E-state index contributed by atoms with van der Waals surface area (Å²) in [5.74, 6) is 0. The Kier molecular flexibility index (Phi) is 4.82. The zero-order valence-corrected chi connectivity index (χ0v) is 13.1. The fourth-order valence-electron chi connectivity index (χ4n) is 1.86. The first-order valence-electron chi connectivity index (χ1n) is 6.35. The van der Waals surface area contributed by atoms with Crippen molar-refractivity contribution in [3.8, 4) is 0 Å². The van der Waals surface area contributed by atoms with Crippen molar-refractivity contribution >= 4 is 27.3 Å². The Morgan fingerprint density at radius 2 is 2.10 bits per heavy atom. The highest BCUT2D eigenvalue weighted by molar-refractivity contribution is 7.89. The number of sulfonamides is 1. The molecule has 0 spiro atoms. The van der Waals surface area contributed by atoms with Gasteiger partial charge in [0.05, 0.1) is 15.6 Å². The fraction of sp³-hybridized carbons (Fsp3) is 0.214. The summed E-state index contributed by atoms with van der Waals surface area (Å²) in [6.45, 7) is 1.98. The van der Waals surface area contributed by atoms with E-state index in [1.165, 1.54) is 12.1 Å². The van der Waals surface area contributed by atoms with E-state index in [0.29, 0.717) is 17.0 Å². The number of rotatable bonds is 5. The van der Waals surface area contributed by atoms with Crippen LogP contribution in [0.2, 0.25) is 5.02 Å². The number of hydrogen-bond donors (Lipinski definition) is 2. The van der Waals surface area contributed by atoms with Crippen molar-refractivity contribution in [1.29, 1.82) is 0 Å². The molecule has 0 unspecified atom stereocenters. The van der Waals surface area contributed by atoms with Gasteiger partial charge in [-0.3, -0.25) is 4.98 Å². The van der Waals surface area contributed by atoms with Crippen molar-refractivity contribution in [2.75, 3.05) is 12.3 Å². The van der Waals surface area contributed by atoms with E-state index in [4.69, 9.17) is 17.3 Å². The number of nitrogen functional groups attached to an aromatic ring is 1. The number of halogens is 1. The number of nitrogens with one attached hydrogen (secondary N) is 1. The van der Waals surface area contributed by atoms with Crippen LogP contribution >= 0.6 is 11.6 Å². The molecule has 7 heteroatoms. The van der Waals surface area contributed by atoms with E-state index in [-0.39, 0.29) is 17.1 Å². The molecule has 2 aromatic rings. The summed E-state index contributed by atoms with van der Waals surface area (Å²) in [5.41, 5.74) is 7.41. The molecule has 0 bridgehead atoms. The first kappa shape index (κ1) is 15.8. The standard InChI is InChI=1S/C14H16ClN3O2S/c1-10-8-12(9-13(16)14(10)15)21(19,20)18-7-5-11-4-2-3-6-17-11/h2-4,6,8-9,18H,5,7,16H2,1H3. The maximum atomic E-state index is 12.2. The number of aromatic nitrogens is 1. The largest absolute Gasteiger partial charge is 0.397 e. The van der Waals surface area contributed by atoms with Crippen LogP contribution in [0.1, 0.15) is 11.3 Å². The van der Waals surface area contributed by atoms with Gasteiger partial charge in [-0.15, -0.1) is 0 Å². The molecule has 0 saturated carbocycles. The number of anilines is 1. The molecule has 0 amide bonds. The normalized spacial score (nSPS) is 11.5. The maximum Gasteiger partial charge on any atom is 0.240 e. The molecular weight excluding hydrogens is 310 g/mol. The summed E-state index contributed by atoms with van der Waals surface area (Å²) in [7, 11) is -3.61. The Labute approximate surface area is 129 Å². The molecule has 2 rings (SSSR count). The Balaban J connectivity index is 2.09. The second kappa shape index (κ2) is 6.43. The Bertz CT molecular complexity index is 710. The van der Waals surface area contributed by atoms with Crippen LogP contribution in [0.15, 0.2) is 41.4 Å². The summed E-state index contributed by atoms with van der Waals surface area (Å²) in [4.78, 5) is 4.25. The third-order valence-electron chi connectivity index (χ3n) is 2.97. The predicted molar refractivity (Wildman–Crippen MR) is 83.7 cm³/mol. The van der Waals surface area contributed by atoms with E-state index < -0.39 is 10.0 Å². The summed E-state index contributed by atoms with van der Waals surface area (Å²) in [6, 6.07) is 8.38. The molecule has 1 heterocycles. The summed E-state index contributed by atoms with van der Waals surface area (Å²) >= 11 is 5.94. The molecule has 0 aliphatic carbocycles. The zero-order valence-electron chi connectivity index (χ0n) is 11.5. The molecule has 1 aromatic heterocycles. The number of benzene rings is 1. The second-order valence-electron chi connectivity index (χ2n) is 4.61. The highest BCUT2D eigenvalue weighted by atomic mass is 35.5. The van der Waals surface area contributed by atoms with Gasteiger partial charge in [-0.1, -0.05) is 17.7 Å². The van der Waals surface area contributed by atoms with Crippen molar-refractivity contribution < 1.29 is 8.42 Å². The monoisotopic (exact) mass is 325 g/mol. The lowest BCUT2D eigenvalue weighted by atomic mass is 10.2. The van der Waals surface area contributed by atoms with E-state index in [2.05, 4.69) is 9.71 Å². The van der Waals surface area contributed by atoms with Crippen LogP contribution in [0.5, 0.6) is 0 Å². The molecular formula is C14H16ClN3O2S. The molecule has 112 valence electrons. The van der Waals surface area contributed by atoms with E-state index >= 15 is 0 Å². The van der Waals surface area contributed by atoms with E-state index in [0.717, 1.165) is 5.69 Å². The molecule has 5 nitrogen and oxygen atoms in total. The average molecular weight is 326 g/mol. The minimum Gasteiger partial charge on any atom is -0.397 e. The van der Waals surface area contributed by atoms with Gasteiger partial charge < -0.3 is 5.73 Å². The average Bonchev–Trinajstić information content (AvgIpc) is 2.45. The van der Waals surface area contributed by atoms with Crippen LogP contribution in [0.4, 0.5) is 5.69 Å². The van der Waals surface area contributed by atoms with Gasteiger partial charge in [0.1, 0.15) is 0 Å². The van der Waals surface area contributed by atoms with Crippen LogP contribution in [-0.2, 0) is 16.4 Å². The smallest absolute Gasteiger partial charge is 0.240 e. The number of hydrogen-bond acceptors (Lipinski definition) is 4. The van der Waals surface area contributed by atoms with E-state index in [1.54, 1.807) is 13.1 Å². The number of nitrogens with two attached hydrogens (primary N) is 1. The van der Waals surface area contributed by atoms with Crippen LogP contribution in [0.3, 0.4) is 0 Å². The van der Waals surface area contributed by atoms with Gasteiger partial charge in [0, 0.05) is 24.9 Å². The van der Waals surface area contributed by atoms with Crippen LogP contribution in [0.25, 0.3) is 0 Å². The second-order valence-corrected chi connectivity index (χ2v) is 6.76. The van der Waals surface area contributed by atoms with E-state index in [9.17, 15) is 8.42 Å². The van der Waals surface area contributed by atoms with Gasteiger partial charge in [0.2, 0.25) is 10.0 Å². The minimum absolute atomic E-state index is 0.114.